The first-order valence-electron chi connectivity index (χ1n) is 7.42. The van der Waals surface area contributed by atoms with Gasteiger partial charge in [0.25, 0.3) is 5.69 Å². The lowest BCUT2D eigenvalue weighted by molar-refractivity contribution is -0.386. The van der Waals surface area contributed by atoms with Gasteiger partial charge in [0.1, 0.15) is 6.54 Å². The maximum absolute atomic E-state index is 12.5. The van der Waals surface area contributed by atoms with Crippen molar-refractivity contribution in [3.8, 4) is 0 Å². The van der Waals surface area contributed by atoms with Crippen LogP contribution in [0.5, 0.6) is 0 Å². The molecule has 9 heteroatoms. The first-order valence-corrected chi connectivity index (χ1v) is 7.42. The maximum atomic E-state index is 12.5. The molecule has 0 unspecified atom stereocenters. The zero-order valence-electron chi connectivity index (χ0n) is 13.3. The molecule has 1 aliphatic rings. The molecule has 0 N–H and O–H groups in total. The molecular formula is C15H18F3N3O3. The largest absolute Gasteiger partial charge is 0.406 e. The molecule has 0 spiro atoms. The predicted octanol–water partition coefficient (Wildman–Crippen LogP) is 2.75. The number of alkyl halides is 3. The van der Waals surface area contributed by atoms with Crippen molar-refractivity contribution in [3.05, 3.63) is 39.9 Å². The lowest BCUT2D eigenvalue weighted by Crippen LogP contribution is -2.43. The highest BCUT2D eigenvalue weighted by Gasteiger charge is 2.42. The van der Waals surface area contributed by atoms with Crippen molar-refractivity contribution in [2.75, 3.05) is 20.1 Å². The van der Waals surface area contributed by atoms with Crippen LogP contribution in [0.3, 0.4) is 0 Å². The molecule has 0 aliphatic carbocycles. The minimum atomic E-state index is -4.44. The smallest absolute Gasteiger partial charge is 0.332 e. The molecule has 0 aromatic heterocycles. The summed E-state index contributed by atoms with van der Waals surface area (Å²) < 4.78 is 37.5. The van der Waals surface area contributed by atoms with Gasteiger partial charge in [-0.2, -0.15) is 13.2 Å². The second kappa shape index (κ2) is 6.76. The predicted molar refractivity (Wildman–Crippen MR) is 80.3 cm³/mol. The van der Waals surface area contributed by atoms with E-state index in [1.165, 1.54) is 6.07 Å². The molecule has 1 fully saturated rings. The third-order valence-corrected chi connectivity index (χ3v) is 4.33. The van der Waals surface area contributed by atoms with E-state index >= 15 is 0 Å². The van der Waals surface area contributed by atoms with Crippen molar-refractivity contribution < 1.29 is 22.9 Å². The topological polar surface area (TPSA) is 66.7 Å². The lowest BCUT2D eigenvalue weighted by Gasteiger charge is -2.29. The summed E-state index contributed by atoms with van der Waals surface area (Å²) in [5, 5.41) is 11.1. The van der Waals surface area contributed by atoms with E-state index in [9.17, 15) is 28.1 Å². The number of carbonyl (C=O) groups excluding carboxylic acids is 1. The Hall–Kier alpha value is -2.16. The van der Waals surface area contributed by atoms with Crippen molar-refractivity contribution in [2.24, 2.45) is 0 Å². The fourth-order valence-corrected chi connectivity index (χ4v) is 2.97. The van der Waals surface area contributed by atoms with Gasteiger partial charge in [-0.15, -0.1) is 0 Å². The van der Waals surface area contributed by atoms with Gasteiger partial charge >= 0.3 is 6.18 Å². The lowest BCUT2D eigenvalue weighted by atomic mass is 10.0. The van der Waals surface area contributed by atoms with E-state index in [0.29, 0.717) is 5.56 Å². The first-order chi connectivity index (χ1) is 11.1. The van der Waals surface area contributed by atoms with Crippen LogP contribution in [0, 0.1) is 10.1 Å². The van der Waals surface area contributed by atoms with Crippen molar-refractivity contribution in [1.82, 2.24) is 9.80 Å². The average Bonchev–Trinajstić information content (AvgIpc) is 2.85. The van der Waals surface area contributed by atoms with Crippen LogP contribution in [0.15, 0.2) is 24.3 Å². The van der Waals surface area contributed by atoms with Crippen LogP contribution in [-0.4, -0.2) is 53.0 Å². The molecule has 1 aromatic carbocycles. The van der Waals surface area contributed by atoms with Gasteiger partial charge in [0.15, 0.2) is 0 Å². The molecule has 1 aromatic rings. The Morgan fingerprint density at radius 3 is 2.62 bits per heavy atom. The molecule has 0 bridgehead atoms. The molecule has 1 saturated heterocycles. The molecule has 2 atom stereocenters. The van der Waals surface area contributed by atoms with Gasteiger partial charge in [-0.3, -0.25) is 19.8 Å². The van der Waals surface area contributed by atoms with Crippen molar-refractivity contribution in [2.45, 2.75) is 31.6 Å². The molecule has 2 rings (SSSR count). The second-order valence-corrected chi connectivity index (χ2v) is 5.84. The summed E-state index contributed by atoms with van der Waals surface area (Å²) in [4.78, 5) is 25.2. The zero-order valence-corrected chi connectivity index (χ0v) is 13.3. The maximum Gasteiger partial charge on any atom is 0.406 e. The average molecular weight is 345 g/mol. The van der Waals surface area contributed by atoms with Crippen LogP contribution in [0.4, 0.5) is 18.9 Å². The first kappa shape index (κ1) is 18.2. The van der Waals surface area contributed by atoms with Crippen LogP contribution < -0.4 is 0 Å². The summed E-state index contributed by atoms with van der Waals surface area (Å²) in [6.45, 7) is 0.453. The fourth-order valence-electron chi connectivity index (χ4n) is 2.97. The van der Waals surface area contributed by atoms with Crippen LogP contribution in [0.25, 0.3) is 0 Å². The molecule has 0 radical (unpaired) electrons. The van der Waals surface area contributed by atoms with Gasteiger partial charge in [-0.05, 0) is 20.4 Å². The van der Waals surface area contributed by atoms with Crippen molar-refractivity contribution in [1.29, 1.82) is 0 Å². The Morgan fingerprint density at radius 2 is 2.04 bits per heavy atom. The highest BCUT2D eigenvalue weighted by Crippen LogP contribution is 2.32. The number of hydrogen-bond acceptors (Lipinski definition) is 4. The van der Waals surface area contributed by atoms with Gasteiger partial charge in [0.2, 0.25) is 5.91 Å². The number of halogens is 3. The number of benzene rings is 1. The van der Waals surface area contributed by atoms with Crippen LogP contribution in [0.2, 0.25) is 0 Å². The Bertz CT molecular complexity index is 636. The van der Waals surface area contributed by atoms with E-state index in [2.05, 4.69) is 0 Å². The number of likely N-dealkylation sites (N-methyl/N-ethyl adjacent to an activating group) is 1. The normalized spacial score (nSPS) is 19.8. The minimum Gasteiger partial charge on any atom is -0.332 e. The third kappa shape index (κ3) is 3.84. The van der Waals surface area contributed by atoms with E-state index in [-0.39, 0.29) is 18.7 Å². The molecular weight excluding hydrogens is 327 g/mol. The molecule has 0 saturated carbocycles. The van der Waals surface area contributed by atoms with Gasteiger partial charge in [0, 0.05) is 24.2 Å². The Kier molecular flexibility index (Phi) is 5.12. The van der Waals surface area contributed by atoms with E-state index < -0.39 is 35.6 Å². The van der Waals surface area contributed by atoms with Gasteiger partial charge in [-0.25, -0.2) is 0 Å². The van der Waals surface area contributed by atoms with Gasteiger partial charge in [-0.1, -0.05) is 18.2 Å². The SMILES string of the molecule is C[C@H](c1ccccc1[N+](=O)[O-])N(C)[C@@H]1CCN(CC(F)(F)F)C1=O. The Morgan fingerprint density at radius 1 is 1.42 bits per heavy atom. The van der Waals surface area contributed by atoms with Crippen molar-refractivity contribution >= 4 is 11.6 Å². The Labute approximate surface area is 137 Å². The molecule has 1 aliphatic heterocycles. The summed E-state index contributed by atoms with van der Waals surface area (Å²) in [5.41, 5.74) is 0.349. The quantitative estimate of drug-likeness (QED) is 0.608. The number of amides is 1. The van der Waals surface area contributed by atoms with E-state index in [4.69, 9.17) is 0 Å². The van der Waals surface area contributed by atoms with Crippen LogP contribution in [-0.2, 0) is 4.79 Å². The highest BCUT2D eigenvalue weighted by atomic mass is 19.4. The summed E-state index contributed by atoms with van der Waals surface area (Å²) in [5.74, 6) is -0.597. The monoisotopic (exact) mass is 345 g/mol. The van der Waals surface area contributed by atoms with Crippen LogP contribution in [0.1, 0.15) is 24.9 Å². The second-order valence-electron chi connectivity index (χ2n) is 5.84. The molecule has 6 nitrogen and oxygen atoms in total. The Balaban J connectivity index is 2.16. The molecule has 132 valence electrons. The summed E-state index contributed by atoms with van der Waals surface area (Å²) in [6.07, 6.45) is -4.18. The summed E-state index contributed by atoms with van der Waals surface area (Å²) >= 11 is 0. The van der Waals surface area contributed by atoms with Gasteiger partial charge in [0.05, 0.1) is 11.0 Å². The van der Waals surface area contributed by atoms with E-state index in [0.717, 1.165) is 4.90 Å². The number of likely N-dealkylation sites (tertiary alicyclic amines) is 1. The third-order valence-electron chi connectivity index (χ3n) is 4.33. The molecule has 24 heavy (non-hydrogen) atoms. The van der Waals surface area contributed by atoms with E-state index in [1.807, 2.05) is 0 Å². The molecule has 1 heterocycles. The number of nitro groups is 1. The number of nitro benzene ring substituents is 1. The number of rotatable bonds is 5. The van der Waals surface area contributed by atoms with Gasteiger partial charge < -0.3 is 4.90 Å². The standard InChI is InChI=1S/C15H18F3N3O3/c1-10(11-5-3-4-6-12(11)21(23)24)19(2)13-7-8-20(14(13)22)9-15(16,17)18/h3-6,10,13H,7-9H2,1-2H3/t10-,13-/m1/s1. The van der Waals surface area contributed by atoms with E-state index in [1.54, 1.807) is 37.1 Å². The highest BCUT2D eigenvalue weighted by molar-refractivity contribution is 5.84. The number of carbonyl (C=O) groups is 1. The fraction of sp³-hybridized carbons (Fsp3) is 0.533. The minimum absolute atomic E-state index is 0.0248. The summed E-state index contributed by atoms with van der Waals surface area (Å²) in [6, 6.07) is 4.95. The number of hydrogen-bond donors (Lipinski definition) is 0. The zero-order chi connectivity index (χ0) is 18.1. The number of nitrogens with zero attached hydrogens (tertiary/aromatic N) is 3. The number of para-hydroxylation sites is 1. The van der Waals surface area contributed by atoms with Crippen LogP contribution >= 0.6 is 0 Å². The summed E-state index contributed by atoms with van der Waals surface area (Å²) in [7, 11) is 1.60. The molecule has 1 amide bonds. The van der Waals surface area contributed by atoms with Crippen molar-refractivity contribution in [3.63, 3.8) is 0 Å².